The number of ether oxygens (including phenoxy) is 1. The smallest absolute Gasteiger partial charge is 0.192 e. The van der Waals surface area contributed by atoms with E-state index in [0.29, 0.717) is 16.7 Å². The topological polar surface area (TPSA) is 39.4 Å². The summed E-state index contributed by atoms with van der Waals surface area (Å²) in [5.41, 5.74) is 2.79. The van der Waals surface area contributed by atoms with E-state index >= 15 is 0 Å². The zero-order chi connectivity index (χ0) is 14.0. The predicted octanol–water partition coefficient (Wildman–Crippen LogP) is 3.62. The fourth-order valence-electron chi connectivity index (χ4n) is 2.01. The molecule has 0 aliphatic carbocycles. The molecule has 100 valence electrons. The highest BCUT2D eigenvalue weighted by Gasteiger charge is 2.09. The van der Waals surface area contributed by atoms with Crippen LogP contribution in [-0.2, 0) is 6.42 Å². The summed E-state index contributed by atoms with van der Waals surface area (Å²) in [7, 11) is 1.63. The summed E-state index contributed by atoms with van der Waals surface area (Å²) in [6, 6.07) is 5.16. The zero-order valence-electron chi connectivity index (χ0n) is 11.7. The van der Waals surface area contributed by atoms with Crippen LogP contribution in [0.5, 0.6) is 5.75 Å². The second kappa shape index (κ2) is 5.31. The molecule has 0 aliphatic heterocycles. The Hall–Kier alpha value is -2.03. The summed E-state index contributed by atoms with van der Waals surface area (Å²) in [6.07, 6.45) is 2.86. The molecular formula is C16H18O3. The average Bonchev–Trinajstić information content (AvgIpc) is 2.35. The standard InChI is InChI=1S/C16H18O3/c1-10(2)5-6-12-8-13-14(17)7-11(3)19-16(13)9-15(12)18-4/h5,7-9H,6H2,1-4H3. The fraction of sp³-hybridized carbons (Fsp3) is 0.312. The summed E-state index contributed by atoms with van der Waals surface area (Å²) >= 11 is 0. The molecule has 0 radical (unpaired) electrons. The first kappa shape index (κ1) is 13.4. The van der Waals surface area contributed by atoms with Gasteiger partial charge in [-0.2, -0.15) is 0 Å². The van der Waals surface area contributed by atoms with Crippen molar-refractivity contribution in [3.63, 3.8) is 0 Å². The van der Waals surface area contributed by atoms with Crippen LogP contribution >= 0.6 is 0 Å². The van der Waals surface area contributed by atoms with Gasteiger partial charge in [0.2, 0.25) is 0 Å². The number of methoxy groups -OCH3 is 1. The van der Waals surface area contributed by atoms with Crippen molar-refractivity contribution in [2.45, 2.75) is 27.2 Å². The van der Waals surface area contributed by atoms with Gasteiger partial charge in [0.15, 0.2) is 5.43 Å². The Kier molecular flexibility index (Phi) is 3.74. The minimum absolute atomic E-state index is 0.0140. The van der Waals surface area contributed by atoms with Gasteiger partial charge in [-0.1, -0.05) is 11.6 Å². The number of hydrogen-bond donors (Lipinski definition) is 0. The minimum atomic E-state index is -0.0140. The summed E-state index contributed by atoms with van der Waals surface area (Å²) in [5.74, 6) is 1.36. The molecule has 0 atom stereocenters. The first-order valence-corrected chi connectivity index (χ1v) is 6.26. The lowest BCUT2D eigenvalue weighted by Crippen LogP contribution is -2.02. The van der Waals surface area contributed by atoms with Gasteiger partial charge < -0.3 is 9.15 Å². The van der Waals surface area contributed by atoms with Crippen molar-refractivity contribution in [2.24, 2.45) is 0 Å². The Morgan fingerprint density at radius 3 is 2.68 bits per heavy atom. The van der Waals surface area contributed by atoms with Crippen LogP contribution in [0.4, 0.5) is 0 Å². The lowest BCUT2D eigenvalue weighted by Gasteiger charge is -2.08. The van der Waals surface area contributed by atoms with E-state index in [2.05, 4.69) is 6.08 Å². The molecular weight excluding hydrogens is 240 g/mol. The van der Waals surface area contributed by atoms with Crippen LogP contribution in [0.25, 0.3) is 11.0 Å². The lowest BCUT2D eigenvalue weighted by atomic mass is 10.1. The molecule has 0 saturated carbocycles. The number of hydrogen-bond acceptors (Lipinski definition) is 3. The number of allylic oxidation sites excluding steroid dienone is 2. The Morgan fingerprint density at radius 2 is 2.05 bits per heavy atom. The molecule has 0 bridgehead atoms. The van der Waals surface area contributed by atoms with Gasteiger partial charge in [-0.15, -0.1) is 0 Å². The molecule has 1 heterocycles. The molecule has 3 heteroatoms. The largest absolute Gasteiger partial charge is 0.496 e. The molecule has 0 N–H and O–H groups in total. The van der Waals surface area contributed by atoms with Gasteiger partial charge in [0.25, 0.3) is 0 Å². The zero-order valence-corrected chi connectivity index (χ0v) is 11.7. The van der Waals surface area contributed by atoms with E-state index < -0.39 is 0 Å². The Balaban J connectivity index is 2.64. The molecule has 0 amide bonds. The molecule has 2 aromatic rings. The molecule has 2 rings (SSSR count). The highest BCUT2D eigenvalue weighted by molar-refractivity contribution is 5.79. The lowest BCUT2D eigenvalue weighted by molar-refractivity contribution is 0.410. The van der Waals surface area contributed by atoms with Crippen molar-refractivity contribution in [3.8, 4) is 5.75 Å². The summed E-state index contributed by atoms with van der Waals surface area (Å²) < 4.78 is 10.9. The van der Waals surface area contributed by atoms with Crippen molar-refractivity contribution in [3.05, 3.63) is 51.4 Å². The fourth-order valence-corrected chi connectivity index (χ4v) is 2.01. The van der Waals surface area contributed by atoms with E-state index in [9.17, 15) is 4.79 Å². The van der Waals surface area contributed by atoms with Gasteiger partial charge in [-0.25, -0.2) is 0 Å². The van der Waals surface area contributed by atoms with Gasteiger partial charge >= 0.3 is 0 Å². The number of rotatable bonds is 3. The monoisotopic (exact) mass is 258 g/mol. The molecule has 0 fully saturated rings. The number of benzene rings is 1. The van der Waals surface area contributed by atoms with Crippen LogP contribution in [0.15, 0.2) is 39.1 Å². The Labute approximate surface area is 112 Å². The van der Waals surface area contributed by atoms with Crippen LogP contribution in [0.2, 0.25) is 0 Å². The number of fused-ring (bicyclic) bond motifs is 1. The van der Waals surface area contributed by atoms with Crippen LogP contribution in [0, 0.1) is 6.92 Å². The highest BCUT2D eigenvalue weighted by Crippen LogP contribution is 2.25. The molecule has 0 unspecified atom stereocenters. The summed E-state index contributed by atoms with van der Waals surface area (Å²) in [6.45, 7) is 5.86. The molecule has 0 spiro atoms. The first-order chi connectivity index (χ1) is 9.01. The number of aryl methyl sites for hydroxylation is 1. The second-order valence-corrected chi connectivity index (χ2v) is 4.87. The third kappa shape index (κ3) is 2.87. The van der Waals surface area contributed by atoms with Crippen molar-refractivity contribution in [1.82, 2.24) is 0 Å². The van der Waals surface area contributed by atoms with E-state index in [4.69, 9.17) is 9.15 Å². The maximum atomic E-state index is 12.0. The third-order valence-corrected chi connectivity index (χ3v) is 2.98. The van der Waals surface area contributed by atoms with Crippen LogP contribution < -0.4 is 10.2 Å². The molecule has 1 aromatic carbocycles. The van der Waals surface area contributed by atoms with Crippen molar-refractivity contribution in [2.75, 3.05) is 7.11 Å². The van der Waals surface area contributed by atoms with E-state index in [1.807, 2.05) is 19.9 Å². The van der Waals surface area contributed by atoms with Crippen molar-refractivity contribution in [1.29, 1.82) is 0 Å². The first-order valence-electron chi connectivity index (χ1n) is 6.26. The molecule has 0 aliphatic rings. The Morgan fingerprint density at radius 1 is 1.32 bits per heavy atom. The predicted molar refractivity (Wildman–Crippen MR) is 76.9 cm³/mol. The minimum Gasteiger partial charge on any atom is -0.496 e. The second-order valence-electron chi connectivity index (χ2n) is 4.87. The SMILES string of the molecule is COc1cc2oc(C)cc(=O)c2cc1CC=C(C)C. The quantitative estimate of drug-likeness (QED) is 0.789. The van der Waals surface area contributed by atoms with E-state index in [1.54, 1.807) is 20.1 Å². The van der Waals surface area contributed by atoms with Gasteiger partial charge in [-0.05, 0) is 38.8 Å². The van der Waals surface area contributed by atoms with E-state index in [1.165, 1.54) is 11.6 Å². The molecule has 3 nitrogen and oxygen atoms in total. The maximum absolute atomic E-state index is 12.0. The van der Waals surface area contributed by atoms with Crippen LogP contribution in [-0.4, -0.2) is 7.11 Å². The van der Waals surface area contributed by atoms with Crippen molar-refractivity contribution < 1.29 is 9.15 Å². The average molecular weight is 258 g/mol. The molecule has 0 saturated heterocycles. The van der Waals surface area contributed by atoms with E-state index in [-0.39, 0.29) is 5.43 Å². The summed E-state index contributed by atoms with van der Waals surface area (Å²) in [4.78, 5) is 12.0. The van der Waals surface area contributed by atoms with Gasteiger partial charge in [0, 0.05) is 12.1 Å². The van der Waals surface area contributed by atoms with Gasteiger partial charge in [0.1, 0.15) is 17.1 Å². The molecule has 19 heavy (non-hydrogen) atoms. The van der Waals surface area contributed by atoms with Gasteiger partial charge in [-0.3, -0.25) is 4.79 Å². The normalized spacial score (nSPS) is 10.5. The van der Waals surface area contributed by atoms with Crippen molar-refractivity contribution >= 4 is 11.0 Å². The third-order valence-electron chi connectivity index (χ3n) is 2.98. The maximum Gasteiger partial charge on any atom is 0.192 e. The summed E-state index contributed by atoms with van der Waals surface area (Å²) in [5, 5.41) is 0.601. The highest BCUT2D eigenvalue weighted by atomic mass is 16.5. The van der Waals surface area contributed by atoms with Gasteiger partial charge in [0.05, 0.1) is 12.5 Å². The molecule has 1 aromatic heterocycles. The van der Waals surface area contributed by atoms with E-state index in [0.717, 1.165) is 17.7 Å². The Bertz CT molecular complexity index is 689. The van der Waals surface area contributed by atoms with Crippen LogP contribution in [0.3, 0.4) is 0 Å². The van der Waals surface area contributed by atoms with Crippen LogP contribution in [0.1, 0.15) is 25.2 Å².